The Morgan fingerprint density at radius 2 is 2.00 bits per heavy atom. The Morgan fingerprint density at radius 3 is 2.72 bits per heavy atom. The van der Waals surface area contributed by atoms with Gasteiger partial charge in [0.25, 0.3) is 0 Å². The zero-order chi connectivity index (χ0) is 13.0. The smallest absolute Gasteiger partial charge is 0.155 e. The van der Waals surface area contributed by atoms with Crippen LogP contribution in [0, 0.1) is 12.7 Å². The van der Waals surface area contributed by atoms with Crippen LogP contribution in [0.25, 0.3) is 0 Å². The minimum absolute atomic E-state index is 0.182. The Labute approximate surface area is 110 Å². The molecule has 18 heavy (non-hydrogen) atoms. The van der Waals surface area contributed by atoms with Gasteiger partial charge in [0.1, 0.15) is 17.6 Å². The second-order valence-electron chi connectivity index (χ2n) is 3.83. The van der Waals surface area contributed by atoms with E-state index >= 15 is 0 Å². The van der Waals surface area contributed by atoms with E-state index in [4.69, 9.17) is 16.3 Å². The van der Waals surface area contributed by atoms with Crippen molar-refractivity contribution in [3.05, 3.63) is 58.4 Å². The maximum absolute atomic E-state index is 13.3. The van der Waals surface area contributed by atoms with E-state index < -0.39 is 0 Å². The molecule has 0 atom stereocenters. The Morgan fingerprint density at radius 1 is 1.22 bits per heavy atom. The van der Waals surface area contributed by atoms with E-state index in [1.807, 2.05) is 6.92 Å². The van der Waals surface area contributed by atoms with Gasteiger partial charge < -0.3 is 4.74 Å². The van der Waals surface area contributed by atoms with Crippen molar-refractivity contribution in [3.63, 3.8) is 0 Å². The van der Waals surface area contributed by atoms with Gasteiger partial charge in [-0.1, -0.05) is 29.8 Å². The third kappa shape index (κ3) is 3.48. The zero-order valence-corrected chi connectivity index (χ0v) is 10.6. The summed E-state index contributed by atoms with van der Waals surface area (Å²) in [6.07, 6.45) is 0. The number of hydrogen-bond acceptors (Lipinski definition) is 3. The van der Waals surface area contributed by atoms with Crippen LogP contribution in [0.4, 0.5) is 4.39 Å². The first-order chi connectivity index (χ1) is 8.65. The van der Waals surface area contributed by atoms with Crippen LogP contribution in [0.2, 0.25) is 5.15 Å². The maximum atomic E-state index is 13.3. The fraction of sp³-hybridized carbons (Fsp3) is 0.231. The van der Waals surface area contributed by atoms with Gasteiger partial charge in [-0.3, -0.25) is 0 Å². The molecule has 1 aromatic carbocycles. The summed E-state index contributed by atoms with van der Waals surface area (Å²) >= 11 is 5.80. The molecule has 0 bridgehead atoms. The van der Waals surface area contributed by atoms with Gasteiger partial charge in [0.15, 0.2) is 5.82 Å². The molecule has 2 rings (SSSR count). The first kappa shape index (κ1) is 12.9. The summed E-state index contributed by atoms with van der Waals surface area (Å²) in [4.78, 5) is 8.20. The highest BCUT2D eigenvalue weighted by atomic mass is 35.5. The molecule has 94 valence electrons. The normalized spacial score (nSPS) is 10.6. The molecule has 0 aliphatic heterocycles. The van der Waals surface area contributed by atoms with Crippen molar-refractivity contribution >= 4 is 11.6 Å². The lowest BCUT2D eigenvalue weighted by Gasteiger charge is -2.05. The number of hydrogen-bond donors (Lipinski definition) is 0. The van der Waals surface area contributed by atoms with Crippen molar-refractivity contribution in [2.45, 2.75) is 20.1 Å². The van der Waals surface area contributed by atoms with Crippen molar-refractivity contribution in [1.29, 1.82) is 0 Å². The molecule has 2 aromatic rings. The molecule has 3 nitrogen and oxygen atoms in total. The predicted molar refractivity (Wildman–Crippen MR) is 66.7 cm³/mol. The molecule has 0 unspecified atom stereocenters. The molecule has 0 aliphatic carbocycles. The summed E-state index contributed by atoms with van der Waals surface area (Å²) in [6.45, 7) is 2.21. The van der Waals surface area contributed by atoms with Crippen LogP contribution in [0.15, 0.2) is 30.3 Å². The van der Waals surface area contributed by atoms with Gasteiger partial charge in [0, 0.05) is 11.3 Å². The number of nitrogens with zero attached hydrogens (tertiary/aromatic N) is 2. The molecule has 0 N–H and O–H groups in total. The molecule has 5 heteroatoms. The van der Waals surface area contributed by atoms with Gasteiger partial charge in [-0.15, -0.1) is 0 Å². The lowest BCUT2D eigenvalue weighted by atomic mass is 10.2. The highest BCUT2D eigenvalue weighted by Crippen LogP contribution is 2.10. The average Bonchev–Trinajstić information content (AvgIpc) is 2.30. The molecule has 0 saturated heterocycles. The first-order valence-corrected chi connectivity index (χ1v) is 5.84. The largest absolute Gasteiger partial charge is 0.369 e. The van der Waals surface area contributed by atoms with E-state index in [9.17, 15) is 4.39 Å². The SMILES string of the molecule is Cc1cc(Cl)nc(COCc2ccccc2F)n1. The average molecular weight is 267 g/mol. The van der Waals surface area contributed by atoms with E-state index in [1.54, 1.807) is 24.3 Å². The maximum Gasteiger partial charge on any atom is 0.155 e. The summed E-state index contributed by atoms with van der Waals surface area (Å²) in [5.41, 5.74) is 1.29. The van der Waals surface area contributed by atoms with Gasteiger partial charge in [-0.25, -0.2) is 14.4 Å². The highest BCUT2D eigenvalue weighted by Gasteiger charge is 2.03. The van der Waals surface area contributed by atoms with Crippen molar-refractivity contribution in [1.82, 2.24) is 9.97 Å². The minimum atomic E-state index is -0.277. The van der Waals surface area contributed by atoms with Crippen LogP contribution in [0.1, 0.15) is 17.1 Å². The number of benzene rings is 1. The Kier molecular flexibility index (Phi) is 4.23. The Balaban J connectivity index is 1.94. The first-order valence-electron chi connectivity index (χ1n) is 5.46. The van der Waals surface area contributed by atoms with Crippen molar-refractivity contribution < 1.29 is 9.13 Å². The van der Waals surface area contributed by atoms with Gasteiger partial charge in [0.2, 0.25) is 0 Å². The van der Waals surface area contributed by atoms with Crippen LogP contribution in [0.3, 0.4) is 0 Å². The molecule has 1 heterocycles. The second-order valence-corrected chi connectivity index (χ2v) is 4.22. The van der Waals surface area contributed by atoms with Crippen molar-refractivity contribution in [2.75, 3.05) is 0 Å². The molecule has 0 saturated carbocycles. The van der Waals surface area contributed by atoms with Gasteiger partial charge >= 0.3 is 0 Å². The summed E-state index contributed by atoms with van der Waals surface area (Å²) in [5.74, 6) is 0.219. The molecule has 0 radical (unpaired) electrons. The zero-order valence-electron chi connectivity index (χ0n) is 9.86. The molecule has 0 spiro atoms. The summed E-state index contributed by atoms with van der Waals surface area (Å²) in [6, 6.07) is 8.16. The lowest BCUT2D eigenvalue weighted by molar-refractivity contribution is 0.0993. The topological polar surface area (TPSA) is 35.0 Å². The highest BCUT2D eigenvalue weighted by molar-refractivity contribution is 6.29. The summed E-state index contributed by atoms with van der Waals surface area (Å²) in [5, 5.41) is 0.381. The number of aryl methyl sites for hydroxylation is 1. The van der Waals surface area contributed by atoms with E-state index in [1.165, 1.54) is 6.07 Å². The molecule has 1 aromatic heterocycles. The van der Waals surface area contributed by atoms with E-state index in [0.29, 0.717) is 16.5 Å². The second kappa shape index (κ2) is 5.89. The number of halogens is 2. The van der Waals surface area contributed by atoms with Gasteiger partial charge in [0.05, 0.1) is 6.61 Å². The molecule has 0 aliphatic rings. The van der Waals surface area contributed by atoms with Crippen LogP contribution in [-0.2, 0) is 18.0 Å². The van der Waals surface area contributed by atoms with Crippen LogP contribution in [-0.4, -0.2) is 9.97 Å². The van der Waals surface area contributed by atoms with E-state index in [-0.39, 0.29) is 19.0 Å². The lowest BCUT2D eigenvalue weighted by Crippen LogP contribution is -2.02. The standard InChI is InChI=1S/C13H12ClFN2O/c1-9-6-12(14)17-13(16-9)8-18-7-10-4-2-3-5-11(10)15/h2-6H,7-8H2,1H3. The Hall–Kier alpha value is -1.52. The molecule has 0 fully saturated rings. The van der Waals surface area contributed by atoms with Crippen molar-refractivity contribution in [2.24, 2.45) is 0 Å². The Bertz CT molecular complexity index is 528. The summed E-state index contributed by atoms with van der Waals surface area (Å²) < 4.78 is 18.7. The fourth-order valence-electron chi connectivity index (χ4n) is 1.52. The van der Waals surface area contributed by atoms with E-state index in [2.05, 4.69) is 9.97 Å². The molecule has 0 amide bonds. The van der Waals surface area contributed by atoms with Crippen LogP contribution in [0.5, 0.6) is 0 Å². The minimum Gasteiger partial charge on any atom is -0.369 e. The third-order valence-corrected chi connectivity index (χ3v) is 2.51. The van der Waals surface area contributed by atoms with Crippen LogP contribution >= 0.6 is 11.6 Å². The molecular weight excluding hydrogens is 255 g/mol. The van der Waals surface area contributed by atoms with Gasteiger partial charge in [-0.05, 0) is 19.1 Å². The molecular formula is C13H12ClFN2O. The van der Waals surface area contributed by atoms with Crippen LogP contribution < -0.4 is 0 Å². The monoisotopic (exact) mass is 266 g/mol. The quantitative estimate of drug-likeness (QED) is 0.797. The van der Waals surface area contributed by atoms with Gasteiger partial charge in [-0.2, -0.15) is 0 Å². The third-order valence-electron chi connectivity index (χ3n) is 2.32. The predicted octanol–water partition coefficient (Wildman–Crippen LogP) is 3.29. The summed E-state index contributed by atoms with van der Waals surface area (Å²) in [7, 11) is 0. The fourth-order valence-corrected chi connectivity index (χ4v) is 1.78. The number of aromatic nitrogens is 2. The number of rotatable bonds is 4. The number of ether oxygens (including phenoxy) is 1. The van der Waals surface area contributed by atoms with Crippen molar-refractivity contribution in [3.8, 4) is 0 Å². The van der Waals surface area contributed by atoms with E-state index in [0.717, 1.165) is 5.69 Å².